The van der Waals surface area contributed by atoms with Gasteiger partial charge in [0.1, 0.15) is 0 Å². The van der Waals surface area contributed by atoms with Crippen LogP contribution < -0.4 is 10.5 Å². The molecular weight excluding hydrogens is 216 g/mol. The number of aromatic hydroxyl groups is 1. The zero-order chi connectivity index (χ0) is 13.0. The van der Waals surface area contributed by atoms with E-state index < -0.39 is 0 Å². The number of methoxy groups -OCH3 is 1. The third-order valence-corrected chi connectivity index (χ3v) is 2.62. The van der Waals surface area contributed by atoms with Gasteiger partial charge in [0.25, 0.3) is 0 Å². The van der Waals surface area contributed by atoms with Gasteiger partial charge >= 0.3 is 0 Å². The quantitative estimate of drug-likeness (QED) is 0.837. The number of hydrogen-bond donors (Lipinski definition) is 2. The molecule has 1 rings (SSSR count). The van der Waals surface area contributed by atoms with Crippen molar-refractivity contribution in [2.24, 2.45) is 11.7 Å². The fourth-order valence-corrected chi connectivity index (χ4v) is 1.85. The highest BCUT2D eigenvalue weighted by atomic mass is 16.5. The lowest BCUT2D eigenvalue weighted by Crippen LogP contribution is -2.15. The van der Waals surface area contributed by atoms with Gasteiger partial charge < -0.3 is 15.6 Å². The molecule has 0 aromatic heterocycles. The van der Waals surface area contributed by atoms with Crippen molar-refractivity contribution in [3.05, 3.63) is 23.3 Å². The Morgan fingerprint density at radius 2 is 2.12 bits per heavy atom. The van der Waals surface area contributed by atoms with Gasteiger partial charge in [-0.3, -0.25) is 0 Å². The molecule has 17 heavy (non-hydrogen) atoms. The fourth-order valence-electron chi connectivity index (χ4n) is 1.85. The molecule has 0 radical (unpaired) electrons. The number of nitrogens with two attached hydrogens (primary N) is 1. The molecule has 1 atom stereocenters. The standard InChI is InChI=1S/C13H18N2O2/c1-8(2)6-10(15)12-9(7-14)4-5-11(17-3)13(12)16/h4-5,8,10,16H,6,15H2,1-3H3/t10-/m0/s1. The maximum Gasteiger partial charge on any atom is 0.163 e. The van der Waals surface area contributed by atoms with Crippen LogP contribution in [0.4, 0.5) is 0 Å². The Hall–Kier alpha value is -1.73. The van der Waals surface area contributed by atoms with Crippen LogP contribution >= 0.6 is 0 Å². The molecule has 0 saturated carbocycles. The largest absolute Gasteiger partial charge is 0.504 e. The number of nitrogens with zero attached hydrogens (tertiary/aromatic N) is 1. The van der Waals surface area contributed by atoms with Crippen LogP contribution in [0.3, 0.4) is 0 Å². The van der Waals surface area contributed by atoms with E-state index in [1.807, 2.05) is 19.9 Å². The molecule has 0 aliphatic heterocycles. The highest BCUT2D eigenvalue weighted by molar-refractivity contribution is 5.55. The summed E-state index contributed by atoms with van der Waals surface area (Å²) in [4.78, 5) is 0. The first-order valence-corrected chi connectivity index (χ1v) is 5.56. The van der Waals surface area contributed by atoms with E-state index in [-0.39, 0.29) is 11.8 Å². The summed E-state index contributed by atoms with van der Waals surface area (Å²) in [6, 6.07) is 4.87. The number of nitriles is 1. The van der Waals surface area contributed by atoms with Gasteiger partial charge in [0.15, 0.2) is 11.5 Å². The van der Waals surface area contributed by atoms with Crippen molar-refractivity contribution in [3.63, 3.8) is 0 Å². The molecule has 0 aliphatic carbocycles. The second-order valence-corrected chi connectivity index (χ2v) is 4.43. The number of phenols is 1. The van der Waals surface area contributed by atoms with Crippen LogP contribution in [0.25, 0.3) is 0 Å². The molecule has 0 aliphatic rings. The third kappa shape index (κ3) is 2.89. The van der Waals surface area contributed by atoms with Crippen LogP contribution in [0, 0.1) is 17.2 Å². The molecule has 0 bridgehead atoms. The SMILES string of the molecule is COc1ccc(C#N)c([C@@H](N)CC(C)C)c1O. The van der Waals surface area contributed by atoms with E-state index in [1.165, 1.54) is 7.11 Å². The molecule has 4 heteroatoms. The molecule has 0 unspecified atom stereocenters. The van der Waals surface area contributed by atoms with Crippen LogP contribution in [-0.4, -0.2) is 12.2 Å². The van der Waals surface area contributed by atoms with Gasteiger partial charge in [-0.05, 0) is 24.5 Å². The average molecular weight is 234 g/mol. The molecule has 0 heterocycles. The number of hydrogen-bond acceptors (Lipinski definition) is 4. The number of phenolic OH excluding ortho intramolecular Hbond substituents is 1. The van der Waals surface area contributed by atoms with Crippen molar-refractivity contribution in [2.45, 2.75) is 26.3 Å². The first-order chi connectivity index (χ1) is 8.01. The van der Waals surface area contributed by atoms with Crippen molar-refractivity contribution in [1.82, 2.24) is 0 Å². The van der Waals surface area contributed by atoms with Crippen LogP contribution in [0.5, 0.6) is 11.5 Å². The molecular formula is C13H18N2O2. The van der Waals surface area contributed by atoms with Crippen LogP contribution in [0.2, 0.25) is 0 Å². The summed E-state index contributed by atoms with van der Waals surface area (Å²) in [5, 5.41) is 19.1. The van der Waals surface area contributed by atoms with Crippen LogP contribution in [-0.2, 0) is 0 Å². The summed E-state index contributed by atoms with van der Waals surface area (Å²) in [7, 11) is 1.47. The smallest absolute Gasteiger partial charge is 0.163 e. The van der Waals surface area contributed by atoms with Crippen molar-refractivity contribution >= 4 is 0 Å². The minimum atomic E-state index is -0.361. The second-order valence-electron chi connectivity index (χ2n) is 4.43. The Labute approximate surface area is 102 Å². The second kappa shape index (κ2) is 5.55. The maximum atomic E-state index is 10.0. The van der Waals surface area contributed by atoms with Gasteiger partial charge in [-0.25, -0.2) is 0 Å². The van der Waals surface area contributed by atoms with Gasteiger partial charge in [0.2, 0.25) is 0 Å². The average Bonchev–Trinajstić information content (AvgIpc) is 2.27. The number of benzene rings is 1. The first kappa shape index (κ1) is 13.3. The summed E-state index contributed by atoms with van der Waals surface area (Å²) in [5.41, 5.74) is 6.90. The maximum absolute atomic E-state index is 10.0. The van der Waals surface area contributed by atoms with E-state index in [2.05, 4.69) is 0 Å². The Kier molecular flexibility index (Phi) is 4.36. The molecule has 1 aromatic rings. The molecule has 92 valence electrons. The summed E-state index contributed by atoms with van der Waals surface area (Å²) in [5.74, 6) is 0.708. The van der Waals surface area contributed by atoms with Gasteiger partial charge in [-0.1, -0.05) is 13.8 Å². The minimum absolute atomic E-state index is 0.0281. The van der Waals surface area contributed by atoms with E-state index in [1.54, 1.807) is 12.1 Å². The zero-order valence-corrected chi connectivity index (χ0v) is 10.4. The summed E-state index contributed by atoms with van der Waals surface area (Å²) < 4.78 is 5.03. The van der Waals surface area contributed by atoms with Crippen molar-refractivity contribution in [2.75, 3.05) is 7.11 Å². The van der Waals surface area contributed by atoms with E-state index in [0.29, 0.717) is 29.2 Å². The van der Waals surface area contributed by atoms with E-state index in [0.717, 1.165) is 0 Å². The van der Waals surface area contributed by atoms with Gasteiger partial charge in [0.05, 0.1) is 18.7 Å². The molecule has 0 saturated heterocycles. The van der Waals surface area contributed by atoms with Crippen LogP contribution in [0.15, 0.2) is 12.1 Å². The molecule has 1 aromatic carbocycles. The van der Waals surface area contributed by atoms with E-state index in [4.69, 9.17) is 15.7 Å². The predicted octanol–water partition coefficient (Wildman–Crippen LogP) is 2.32. The summed E-state index contributed by atoms with van der Waals surface area (Å²) >= 11 is 0. The normalized spacial score (nSPS) is 12.2. The molecule has 3 N–H and O–H groups in total. The molecule has 4 nitrogen and oxygen atoms in total. The zero-order valence-electron chi connectivity index (χ0n) is 10.4. The lowest BCUT2D eigenvalue weighted by Gasteiger charge is -2.18. The molecule has 0 amide bonds. The fraction of sp³-hybridized carbons (Fsp3) is 0.462. The summed E-state index contributed by atoms with van der Waals surface area (Å²) in [6.45, 7) is 4.09. The van der Waals surface area contributed by atoms with Crippen molar-refractivity contribution < 1.29 is 9.84 Å². The lowest BCUT2D eigenvalue weighted by atomic mass is 9.93. The Morgan fingerprint density at radius 1 is 1.47 bits per heavy atom. The molecule has 0 spiro atoms. The van der Waals surface area contributed by atoms with Crippen molar-refractivity contribution in [1.29, 1.82) is 5.26 Å². The topological polar surface area (TPSA) is 79.3 Å². The first-order valence-electron chi connectivity index (χ1n) is 5.56. The third-order valence-electron chi connectivity index (χ3n) is 2.62. The minimum Gasteiger partial charge on any atom is -0.504 e. The molecule has 0 fully saturated rings. The van der Waals surface area contributed by atoms with Crippen molar-refractivity contribution in [3.8, 4) is 17.6 Å². The Balaban J connectivity index is 3.24. The van der Waals surface area contributed by atoms with E-state index in [9.17, 15) is 5.11 Å². The summed E-state index contributed by atoms with van der Waals surface area (Å²) in [6.07, 6.45) is 0.704. The lowest BCUT2D eigenvalue weighted by molar-refractivity contribution is 0.365. The van der Waals surface area contributed by atoms with Gasteiger partial charge in [-0.2, -0.15) is 5.26 Å². The highest BCUT2D eigenvalue weighted by Crippen LogP contribution is 2.37. The van der Waals surface area contributed by atoms with Gasteiger partial charge in [-0.15, -0.1) is 0 Å². The van der Waals surface area contributed by atoms with Gasteiger partial charge in [0, 0.05) is 11.6 Å². The predicted molar refractivity (Wildman–Crippen MR) is 65.8 cm³/mol. The number of rotatable bonds is 4. The Morgan fingerprint density at radius 3 is 2.59 bits per heavy atom. The van der Waals surface area contributed by atoms with Crippen LogP contribution in [0.1, 0.15) is 37.4 Å². The Bertz CT molecular complexity index is 436. The number of ether oxygens (including phenoxy) is 1. The monoisotopic (exact) mass is 234 g/mol. The van der Waals surface area contributed by atoms with E-state index >= 15 is 0 Å². The highest BCUT2D eigenvalue weighted by Gasteiger charge is 2.20.